The number of alkyl halides is 2. The lowest BCUT2D eigenvalue weighted by Gasteiger charge is -2.17. The zero-order chi connectivity index (χ0) is 20.0. The number of aryl methyl sites for hydroxylation is 1. The van der Waals surface area contributed by atoms with Gasteiger partial charge in [0.25, 0.3) is 0 Å². The van der Waals surface area contributed by atoms with Crippen molar-refractivity contribution in [2.45, 2.75) is 58.6 Å². The molecule has 8 heteroatoms. The molecule has 1 heterocycles. The highest BCUT2D eigenvalue weighted by molar-refractivity contribution is 5.75. The van der Waals surface area contributed by atoms with Crippen LogP contribution < -0.4 is 4.74 Å². The number of nitrogens with zero attached hydrogens (tertiary/aromatic N) is 3. The largest absolute Gasteiger partial charge is 0.435 e. The fourth-order valence-electron chi connectivity index (χ4n) is 2.38. The fourth-order valence-corrected chi connectivity index (χ4v) is 2.38. The van der Waals surface area contributed by atoms with Crippen LogP contribution in [0.1, 0.15) is 50.9 Å². The van der Waals surface area contributed by atoms with E-state index in [1.807, 2.05) is 20.8 Å². The Bertz CT molecular complexity index is 739. The van der Waals surface area contributed by atoms with Crippen molar-refractivity contribution in [3.8, 4) is 5.75 Å². The molecule has 0 aliphatic carbocycles. The van der Waals surface area contributed by atoms with Crippen LogP contribution in [0.5, 0.6) is 5.75 Å². The first-order valence-electron chi connectivity index (χ1n) is 8.76. The van der Waals surface area contributed by atoms with Crippen molar-refractivity contribution in [3.63, 3.8) is 0 Å². The van der Waals surface area contributed by atoms with E-state index in [0.717, 1.165) is 5.56 Å². The first-order chi connectivity index (χ1) is 12.6. The third kappa shape index (κ3) is 6.62. The second-order valence-electron chi connectivity index (χ2n) is 7.39. The Kier molecular flexibility index (Phi) is 6.87. The normalized spacial score (nSPS) is 11.7. The molecule has 0 radical (unpaired) electrons. The van der Waals surface area contributed by atoms with Crippen LogP contribution in [0, 0.1) is 0 Å². The molecule has 0 atom stereocenters. The molecule has 1 aromatic carbocycles. The van der Waals surface area contributed by atoms with Crippen molar-refractivity contribution >= 4 is 5.91 Å². The Labute approximate surface area is 157 Å². The van der Waals surface area contributed by atoms with Gasteiger partial charge in [-0.3, -0.25) is 4.79 Å². The Morgan fingerprint density at radius 1 is 1.26 bits per heavy atom. The van der Waals surface area contributed by atoms with Gasteiger partial charge in [-0.15, -0.1) is 0 Å². The van der Waals surface area contributed by atoms with Crippen molar-refractivity contribution in [1.82, 2.24) is 15.0 Å². The minimum atomic E-state index is -2.85. The molecule has 0 aliphatic heterocycles. The minimum absolute atomic E-state index is 0.0153. The smallest absolute Gasteiger partial charge is 0.387 e. The third-order valence-corrected chi connectivity index (χ3v) is 3.91. The molecule has 0 aliphatic rings. The highest BCUT2D eigenvalue weighted by Crippen LogP contribution is 2.19. The number of hydrogen-bond acceptors (Lipinski definition) is 5. The molecule has 1 amide bonds. The van der Waals surface area contributed by atoms with Gasteiger partial charge in [0, 0.05) is 31.8 Å². The maximum Gasteiger partial charge on any atom is 0.387 e. The van der Waals surface area contributed by atoms with E-state index in [2.05, 4.69) is 14.9 Å². The van der Waals surface area contributed by atoms with Crippen molar-refractivity contribution in [2.24, 2.45) is 0 Å². The molecular formula is C19H25F2N3O3. The van der Waals surface area contributed by atoms with Crippen molar-refractivity contribution in [3.05, 3.63) is 41.5 Å². The summed E-state index contributed by atoms with van der Waals surface area (Å²) in [4.78, 5) is 18.2. The van der Waals surface area contributed by atoms with Gasteiger partial charge in [0.1, 0.15) is 5.75 Å². The summed E-state index contributed by atoms with van der Waals surface area (Å²) >= 11 is 0. The second-order valence-corrected chi connectivity index (χ2v) is 7.39. The topological polar surface area (TPSA) is 68.5 Å². The summed E-state index contributed by atoms with van der Waals surface area (Å²) in [5.74, 6) is 1.26. The van der Waals surface area contributed by atoms with Crippen molar-refractivity contribution < 1.29 is 22.8 Å². The van der Waals surface area contributed by atoms with Gasteiger partial charge in [0.15, 0.2) is 5.82 Å². The van der Waals surface area contributed by atoms with Crippen molar-refractivity contribution in [1.29, 1.82) is 0 Å². The molecule has 2 rings (SSSR count). The van der Waals surface area contributed by atoms with Gasteiger partial charge in [0.2, 0.25) is 11.8 Å². The lowest BCUT2D eigenvalue weighted by atomic mass is 9.96. The summed E-state index contributed by atoms with van der Waals surface area (Å²) in [5, 5.41) is 3.96. The van der Waals surface area contributed by atoms with E-state index in [4.69, 9.17) is 4.52 Å². The lowest BCUT2D eigenvalue weighted by molar-refractivity contribution is -0.130. The lowest BCUT2D eigenvalue weighted by Crippen LogP contribution is -2.26. The predicted molar refractivity (Wildman–Crippen MR) is 95.5 cm³/mol. The number of amides is 1. The molecule has 0 bridgehead atoms. The average molecular weight is 381 g/mol. The summed E-state index contributed by atoms with van der Waals surface area (Å²) in [7, 11) is 1.70. The van der Waals surface area contributed by atoms with E-state index in [1.165, 1.54) is 12.1 Å². The summed E-state index contributed by atoms with van der Waals surface area (Å²) in [6, 6.07) is 6.24. The van der Waals surface area contributed by atoms with Crippen LogP contribution in [0.2, 0.25) is 0 Å². The van der Waals surface area contributed by atoms with E-state index >= 15 is 0 Å². The third-order valence-electron chi connectivity index (χ3n) is 3.91. The second kappa shape index (κ2) is 8.92. The van der Waals surface area contributed by atoms with Crippen LogP contribution in [0.25, 0.3) is 0 Å². The molecule has 6 nitrogen and oxygen atoms in total. The molecule has 2 aromatic rings. The summed E-state index contributed by atoms with van der Waals surface area (Å²) < 4.78 is 33.8. The first kappa shape index (κ1) is 20.8. The minimum Gasteiger partial charge on any atom is -0.435 e. The highest BCUT2D eigenvalue weighted by Gasteiger charge is 2.21. The maximum absolute atomic E-state index is 12.2. The van der Waals surface area contributed by atoms with Crippen LogP contribution in [-0.4, -0.2) is 34.6 Å². The Morgan fingerprint density at radius 3 is 2.48 bits per heavy atom. The number of rotatable bonds is 8. The number of hydrogen-bond donors (Lipinski definition) is 0. The van der Waals surface area contributed by atoms with Crippen LogP contribution in [0.15, 0.2) is 28.8 Å². The van der Waals surface area contributed by atoms with E-state index in [-0.39, 0.29) is 17.1 Å². The number of aromatic nitrogens is 2. The maximum atomic E-state index is 12.2. The number of carbonyl (C=O) groups is 1. The molecule has 0 fully saturated rings. The first-order valence-corrected chi connectivity index (χ1v) is 8.76. The van der Waals surface area contributed by atoms with Gasteiger partial charge >= 0.3 is 6.61 Å². The number of halogens is 2. The van der Waals surface area contributed by atoms with E-state index in [0.29, 0.717) is 37.5 Å². The van der Waals surface area contributed by atoms with Gasteiger partial charge in [-0.05, 0) is 24.1 Å². The Morgan fingerprint density at radius 2 is 1.93 bits per heavy atom. The predicted octanol–water partition coefficient (Wildman–Crippen LogP) is 3.95. The SMILES string of the molecule is CN(Cc1ccc(OC(F)F)cc1)C(=O)CCCc1nc(C(C)(C)C)no1. The molecule has 1 aromatic heterocycles. The molecule has 0 unspecified atom stereocenters. The monoisotopic (exact) mass is 381 g/mol. The van der Waals surface area contributed by atoms with Gasteiger partial charge in [-0.2, -0.15) is 13.8 Å². The average Bonchev–Trinajstić information content (AvgIpc) is 3.05. The molecular weight excluding hydrogens is 356 g/mol. The number of benzene rings is 1. The molecule has 0 N–H and O–H groups in total. The Balaban J connectivity index is 1.77. The summed E-state index contributed by atoms with van der Waals surface area (Å²) in [6.07, 6.45) is 1.51. The van der Waals surface area contributed by atoms with Crippen LogP contribution in [-0.2, 0) is 23.2 Å². The van der Waals surface area contributed by atoms with Crippen molar-refractivity contribution in [2.75, 3.05) is 7.05 Å². The van der Waals surface area contributed by atoms with Gasteiger partial charge in [-0.1, -0.05) is 38.1 Å². The molecule has 148 valence electrons. The van der Waals surface area contributed by atoms with Crippen LogP contribution >= 0.6 is 0 Å². The number of ether oxygens (including phenoxy) is 1. The quantitative estimate of drug-likeness (QED) is 0.693. The molecule has 0 spiro atoms. The molecule has 0 saturated carbocycles. The molecule has 0 saturated heterocycles. The van der Waals surface area contributed by atoms with E-state index in [1.54, 1.807) is 24.1 Å². The van der Waals surface area contributed by atoms with Gasteiger partial charge in [-0.25, -0.2) is 0 Å². The molecule has 27 heavy (non-hydrogen) atoms. The number of carbonyl (C=O) groups excluding carboxylic acids is 1. The summed E-state index contributed by atoms with van der Waals surface area (Å²) in [6.45, 7) is 3.56. The zero-order valence-electron chi connectivity index (χ0n) is 16.0. The van der Waals surface area contributed by atoms with Gasteiger partial charge in [0.05, 0.1) is 0 Å². The van der Waals surface area contributed by atoms with E-state index in [9.17, 15) is 13.6 Å². The Hall–Kier alpha value is -2.51. The standard InChI is InChI=1S/C19H25F2N3O3/c1-19(2,3)17-22-15(27-23-17)6-5-7-16(25)24(4)12-13-8-10-14(11-9-13)26-18(20)21/h8-11,18H,5-7,12H2,1-4H3. The summed E-state index contributed by atoms with van der Waals surface area (Å²) in [5.41, 5.74) is 0.660. The van der Waals surface area contributed by atoms with Crippen LogP contribution in [0.4, 0.5) is 8.78 Å². The highest BCUT2D eigenvalue weighted by atomic mass is 19.3. The van der Waals surface area contributed by atoms with Gasteiger partial charge < -0.3 is 14.2 Å². The van der Waals surface area contributed by atoms with E-state index < -0.39 is 6.61 Å². The zero-order valence-corrected chi connectivity index (χ0v) is 16.0. The van der Waals surface area contributed by atoms with Crippen LogP contribution in [0.3, 0.4) is 0 Å². The fraction of sp³-hybridized carbons (Fsp3) is 0.526.